The summed E-state index contributed by atoms with van der Waals surface area (Å²) in [7, 11) is -3.61. The van der Waals surface area contributed by atoms with E-state index in [1.54, 1.807) is 24.0 Å². The molecule has 0 aromatic heterocycles. The number of hydrogen-bond donors (Lipinski definition) is 2. The summed E-state index contributed by atoms with van der Waals surface area (Å²) in [5.41, 5.74) is 2.76. The van der Waals surface area contributed by atoms with E-state index in [2.05, 4.69) is 10.0 Å². The van der Waals surface area contributed by atoms with Crippen LogP contribution in [0.3, 0.4) is 0 Å². The highest BCUT2D eigenvalue weighted by atomic mass is 32.2. The third kappa shape index (κ3) is 5.11. The zero-order chi connectivity index (χ0) is 20.1. The van der Waals surface area contributed by atoms with E-state index < -0.39 is 10.0 Å². The van der Waals surface area contributed by atoms with Crippen LogP contribution in [0.5, 0.6) is 0 Å². The summed E-state index contributed by atoms with van der Waals surface area (Å²) >= 11 is 0. The molecule has 0 bridgehead atoms. The van der Waals surface area contributed by atoms with E-state index in [9.17, 15) is 13.2 Å². The lowest BCUT2D eigenvalue weighted by Crippen LogP contribution is -2.34. The molecule has 0 aliphatic carbocycles. The fourth-order valence-corrected chi connectivity index (χ4v) is 4.76. The number of anilines is 1. The molecule has 150 valence electrons. The van der Waals surface area contributed by atoms with Crippen LogP contribution in [-0.4, -0.2) is 44.9 Å². The topological polar surface area (TPSA) is 78.5 Å². The minimum Gasteiger partial charge on any atom is -0.380 e. The Balaban J connectivity index is 1.48. The van der Waals surface area contributed by atoms with Crippen LogP contribution in [0.4, 0.5) is 5.69 Å². The molecule has 3 rings (SSSR count). The number of sulfonamides is 1. The van der Waals surface area contributed by atoms with E-state index in [0.717, 1.165) is 17.7 Å². The lowest BCUT2D eigenvalue weighted by molar-refractivity contribution is -0.129. The van der Waals surface area contributed by atoms with Crippen molar-refractivity contribution in [3.63, 3.8) is 0 Å². The van der Waals surface area contributed by atoms with Gasteiger partial charge in [-0.2, -0.15) is 0 Å². The molecule has 1 atom stereocenters. The standard InChI is InChI=1S/C21H27N3O3S/c1-16-8-9-20(17(2)14-16)28(26,27)22-12-10-21(25)24-13-11-19(15-24)23-18-6-4-3-5-7-18/h3-9,14,19,22-23H,10-13,15H2,1-2H3. The normalized spacial score (nSPS) is 16.9. The number of carbonyl (C=O) groups excluding carboxylic acids is 1. The highest BCUT2D eigenvalue weighted by Gasteiger charge is 2.26. The fourth-order valence-electron chi connectivity index (χ4n) is 3.50. The summed E-state index contributed by atoms with van der Waals surface area (Å²) in [5, 5.41) is 3.43. The van der Waals surface area contributed by atoms with Crippen LogP contribution in [0.15, 0.2) is 53.4 Å². The minimum atomic E-state index is -3.61. The summed E-state index contributed by atoms with van der Waals surface area (Å²) in [5.74, 6) is -0.0271. The number of likely N-dealkylation sites (tertiary alicyclic amines) is 1. The first kappa shape index (κ1) is 20.4. The van der Waals surface area contributed by atoms with Crippen LogP contribution in [-0.2, 0) is 14.8 Å². The molecule has 1 amide bonds. The first-order valence-corrected chi connectivity index (χ1v) is 11.0. The van der Waals surface area contributed by atoms with E-state index in [-0.39, 0.29) is 29.8 Å². The molecular weight excluding hydrogens is 374 g/mol. The molecule has 1 fully saturated rings. The zero-order valence-corrected chi connectivity index (χ0v) is 17.1. The van der Waals surface area contributed by atoms with Crippen molar-refractivity contribution in [3.05, 3.63) is 59.7 Å². The minimum absolute atomic E-state index is 0.0271. The molecule has 1 aliphatic rings. The van der Waals surface area contributed by atoms with Gasteiger partial charge in [-0.05, 0) is 44.0 Å². The SMILES string of the molecule is Cc1ccc(S(=O)(=O)NCCC(=O)N2CCC(Nc3ccccc3)C2)c(C)c1. The smallest absolute Gasteiger partial charge is 0.240 e. The molecule has 2 aromatic rings. The molecule has 1 saturated heterocycles. The van der Waals surface area contributed by atoms with Gasteiger partial charge in [0.1, 0.15) is 0 Å². The van der Waals surface area contributed by atoms with Crippen LogP contribution in [0.2, 0.25) is 0 Å². The number of hydrogen-bond acceptors (Lipinski definition) is 4. The summed E-state index contributed by atoms with van der Waals surface area (Å²) < 4.78 is 27.5. The predicted octanol–water partition coefficient (Wildman–Crippen LogP) is 2.68. The van der Waals surface area contributed by atoms with Crippen molar-refractivity contribution in [2.24, 2.45) is 0 Å². The van der Waals surface area contributed by atoms with Gasteiger partial charge in [-0.3, -0.25) is 4.79 Å². The van der Waals surface area contributed by atoms with Gasteiger partial charge >= 0.3 is 0 Å². The van der Waals surface area contributed by atoms with Crippen LogP contribution in [0.1, 0.15) is 24.0 Å². The largest absolute Gasteiger partial charge is 0.380 e. The van der Waals surface area contributed by atoms with Gasteiger partial charge < -0.3 is 10.2 Å². The van der Waals surface area contributed by atoms with Crippen molar-refractivity contribution in [1.82, 2.24) is 9.62 Å². The summed E-state index contributed by atoms with van der Waals surface area (Å²) in [6, 6.07) is 15.4. The molecule has 1 heterocycles. The van der Waals surface area contributed by atoms with Crippen molar-refractivity contribution in [1.29, 1.82) is 0 Å². The van der Waals surface area contributed by atoms with Crippen molar-refractivity contribution in [2.75, 3.05) is 25.0 Å². The Kier molecular flexibility index (Phi) is 6.36. The maximum atomic E-state index is 12.5. The van der Waals surface area contributed by atoms with Gasteiger partial charge in [0, 0.05) is 37.8 Å². The van der Waals surface area contributed by atoms with Crippen LogP contribution in [0, 0.1) is 13.8 Å². The first-order chi connectivity index (χ1) is 13.3. The highest BCUT2D eigenvalue weighted by molar-refractivity contribution is 7.89. The Morgan fingerprint density at radius 1 is 1.14 bits per heavy atom. The number of amides is 1. The molecule has 1 aliphatic heterocycles. The maximum Gasteiger partial charge on any atom is 0.240 e. The molecule has 1 unspecified atom stereocenters. The van der Waals surface area contributed by atoms with Crippen molar-refractivity contribution in [2.45, 2.75) is 37.6 Å². The molecule has 0 saturated carbocycles. The quantitative estimate of drug-likeness (QED) is 0.748. The monoisotopic (exact) mass is 401 g/mol. The number of aryl methyl sites for hydroxylation is 2. The van der Waals surface area contributed by atoms with Gasteiger partial charge in [0.15, 0.2) is 0 Å². The molecule has 0 radical (unpaired) electrons. The Morgan fingerprint density at radius 3 is 2.61 bits per heavy atom. The second-order valence-electron chi connectivity index (χ2n) is 7.25. The Labute approximate surface area is 167 Å². The summed E-state index contributed by atoms with van der Waals surface area (Å²) in [6.45, 7) is 5.12. The van der Waals surface area contributed by atoms with Gasteiger partial charge in [-0.1, -0.05) is 35.9 Å². The number of carbonyl (C=O) groups is 1. The van der Waals surface area contributed by atoms with Crippen LogP contribution >= 0.6 is 0 Å². The maximum absolute atomic E-state index is 12.5. The first-order valence-electron chi connectivity index (χ1n) is 9.51. The van der Waals surface area contributed by atoms with E-state index >= 15 is 0 Å². The van der Waals surface area contributed by atoms with Crippen LogP contribution in [0.25, 0.3) is 0 Å². The third-order valence-electron chi connectivity index (χ3n) is 4.94. The third-order valence-corrected chi connectivity index (χ3v) is 6.56. The van der Waals surface area contributed by atoms with Gasteiger partial charge in [-0.15, -0.1) is 0 Å². The number of nitrogens with one attached hydrogen (secondary N) is 2. The van der Waals surface area contributed by atoms with Crippen molar-refractivity contribution >= 4 is 21.6 Å². The number of nitrogens with zero attached hydrogens (tertiary/aromatic N) is 1. The summed E-state index contributed by atoms with van der Waals surface area (Å²) in [6.07, 6.45) is 1.04. The number of rotatable bonds is 7. The van der Waals surface area contributed by atoms with Gasteiger partial charge in [0.25, 0.3) is 0 Å². The molecule has 0 spiro atoms. The molecule has 6 nitrogen and oxygen atoms in total. The van der Waals surface area contributed by atoms with E-state index in [1.807, 2.05) is 43.3 Å². The lowest BCUT2D eigenvalue weighted by Gasteiger charge is -2.18. The molecule has 2 N–H and O–H groups in total. The molecule has 28 heavy (non-hydrogen) atoms. The predicted molar refractivity (Wildman–Crippen MR) is 111 cm³/mol. The molecular formula is C21H27N3O3S. The average molecular weight is 402 g/mol. The van der Waals surface area contributed by atoms with E-state index in [4.69, 9.17) is 0 Å². The van der Waals surface area contributed by atoms with Crippen molar-refractivity contribution in [3.8, 4) is 0 Å². The lowest BCUT2D eigenvalue weighted by atomic mass is 10.2. The Bertz CT molecular complexity index is 929. The Hall–Kier alpha value is -2.38. The fraction of sp³-hybridized carbons (Fsp3) is 0.381. The second kappa shape index (κ2) is 8.75. The van der Waals surface area contributed by atoms with Crippen molar-refractivity contribution < 1.29 is 13.2 Å². The van der Waals surface area contributed by atoms with Gasteiger partial charge in [-0.25, -0.2) is 13.1 Å². The number of para-hydroxylation sites is 1. The average Bonchev–Trinajstić information content (AvgIpc) is 3.10. The summed E-state index contributed by atoms with van der Waals surface area (Å²) in [4.78, 5) is 14.5. The molecule has 2 aromatic carbocycles. The zero-order valence-electron chi connectivity index (χ0n) is 16.3. The Morgan fingerprint density at radius 2 is 1.89 bits per heavy atom. The van der Waals surface area contributed by atoms with E-state index in [1.165, 1.54) is 0 Å². The van der Waals surface area contributed by atoms with Gasteiger partial charge in [0.05, 0.1) is 4.90 Å². The van der Waals surface area contributed by atoms with E-state index in [0.29, 0.717) is 18.7 Å². The van der Waals surface area contributed by atoms with Crippen LogP contribution < -0.4 is 10.0 Å². The number of benzene rings is 2. The highest BCUT2D eigenvalue weighted by Crippen LogP contribution is 2.18. The second-order valence-corrected chi connectivity index (χ2v) is 8.99. The van der Waals surface area contributed by atoms with Gasteiger partial charge in [0.2, 0.25) is 15.9 Å². The molecule has 7 heteroatoms.